The zero-order valence-corrected chi connectivity index (χ0v) is 18.6. The highest BCUT2D eigenvalue weighted by atomic mass is 19.4. The smallest absolute Gasteiger partial charge is 0.421 e. The number of amides is 3. The summed E-state index contributed by atoms with van der Waals surface area (Å²) >= 11 is 0. The molecule has 0 unspecified atom stereocenters. The largest absolute Gasteiger partial charge is 0.573 e. The van der Waals surface area contributed by atoms with Crippen molar-refractivity contribution in [2.24, 2.45) is 0 Å². The fraction of sp³-hybridized carbons (Fsp3) is 0.200. The number of halogens is 3. The maximum absolute atomic E-state index is 13.3. The zero-order valence-electron chi connectivity index (χ0n) is 18.6. The minimum absolute atomic E-state index is 0.0315. The molecule has 184 valence electrons. The van der Waals surface area contributed by atoms with E-state index in [0.717, 1.165) is 17.0 Å². The number of hydrogen-bond donors (Lipinski definition) is 0. The lowest BCUT2D eigenvalue weighted by Crippen LogP contribution is -2.36. The molecule has 2 aliphatic rings. The summed E-state index contributed by atoms with van der Waals surface area (Å²) < 4.78 is 46.8. The molecular weight excluding hydrogens is 479 g/mol. The van der Waals surface area contributed by atoms with Crippen LogP contribution >= 0.6 is 0 Å². The van der Waals surface area contributed by atoms with Crippen molar-refractivity contribution in [3.8, 4) is 11.5 Å². The number of pyridine rings is 1. The molecule has 2 aromatic carbocycles. The van der Waals surface area contributed by atoms with Crippen LogP contribution < -0.4 is 14.4 Å². The van der Waals surface area contributed by atoms with Crippen LogP contribution in [-0.4, -0.2) is 39.7 Å². The van der Waals surface area contributed by atoms with Crippen LogP contribution in [0, 0.1) is 0 Å². The van der Waals surface area contributed by atoms with Crippen molar-refractivity contribution in [1.82, 2.24) is 9.88 Å². The summed E-state index contributed by atoms with van der Waals surface area (Å²) in [5.74, 6) is -1.38. The Morgan fingerprint density at radius 1 is 1.00 bits per heavy atom. The lowest BCUT2D eigenvalue weighted by atomic mass is 10.1. The molecule has 2 heterocycles. The average Bonchev–Trinajstić information content (AvgIpc) is 3.62. The van der Waals surface area contributed by atoms with Gasteiger partial charge in [0.05, 0.1) is 24.0 Å². The van der Waals surface area contributed by atoms with Gasteiger partial charge in [-0.2, -0.15) is 0 Å². The maximum Gasteiger partial charge on any atom is 0.573 e. The van der Waals surface area contributed by atoms with Gasteiger partial charge in [-0.05, 0) is 55.3 Å². The van der Waals surface area contributed by atoms with Gasteiger partial charge < -0.3 is 14.4 Å². The van der Waals surface area contributed by atoms with Gasteiger partial charge in [0.15, 0.2) is 5.75 Å². The van der Waals surface area contributed by atoms with Gasteiger partial charge in [-0.25, -0.2) is 14.5 Å². The third-order valence-electron chi connectivity index (χ3n) is 6.00. The molecule has 3 amide bonds. The number of rotatable bonds is 6. The lowest BCUT2D eigenvalue weighted by molar-refractivity contribution is -0.274. The second kappa shape index (κ2) is 8.67. The van der Waals surface area contributed by atoms with Gasteiger partial charge >= 0.3 is 18.4 Å². The molecule has 3 aromatic rings. The standard InChI is InChI=1S/C25H18F3N3O5/c26-25(27,28)36-19-8-6-18(7-9-19)31-22(33)24(11-12-24)30(23(31)34)15-17-10-13-29-14-20(17)35-21(32)16-4-2-1-3-5-16/h1-10,13-14H,11-12,15H2. The summed E-state index contributed by atoms with van der Waals surface area (Å²) in [6.45, 7) is -0.0315. The number of ether oxygens (including phenoxy) is 2. The van der Waals surface area contributed by atoms with Gasteiger partial charge in [0.25, 0.3) is 5.91 Å². The number of carbonyl (C=O) groups is 3. The summed E-state index contributed by atoms with van der Waals surface area (Å²) in [5, 5.41) is 0. The molecule has 5 rings (SSSR count). The van der Waals surface area contributed by atoms with Crippen molar-refractivity contribution < 1.29 is 37.0 Å². The third-order valence-corrected chi connectivity index (χ3v) is 6.00. The SMILES string of the molecule is O=C(Oc1cnccc1CN1C(=O)N(c2ccc(OC(F)(F)F)cc2)C(=O)C12CC2)c1ccccc1. The van der Waals surface area contributed by atoms with E-state index < -0.39 is 35.6 Å². The lowest BCUT2D eigenvalue weighted by Gasteiger charge is -2.22. The molecule has 2 fully saturated rings. The quantitative estimate of drug-likeness (QED) is 0.362. The minimum atomic E-state index is -4.86. The highest BCUT2D eigenvalue weighted by Gasteiger charge is 2.65. The number of hydrogen-bond acceptors (Lipinski definition) is 6. The van der Waals surface area contributed by atoms with Gasteiger partial charge in [0.2, 0.25) is 0 Å². The number of imide groups is 1. The van der Waals surface area contributed by atoms with Crippen LogP contribution in [0.5, 0.6) is 11.5 Å². The number of benzene rings is 2. The molecule has 1 aromatic heterocycles. The maximum atomic E-state index is 13.3. The Morgan fingerprint density at radius 2 is 1.69 bits per heavy atom. The molecular formula is C25H18F3N3O5. The topological polar surface area (TPSA) is 89.0 Å². The molecule has 1 spiro atoms. The number of carbonyl (C=O) groups excluding carboxylic acids is 3. The van der Waals surface area contributed by atoms with Gasteiger partial charge in [-0.15, -0.1) is 13.2 Å². The first kappa shape index (κ1) is 23.3. The fourth-order valence-electron chi connectivity index (χ4n) is 4.09. The van der Waals surface area contributed by atoms with E-state index in [2.05, 4.69) is 9.72 Å². The Labute approximate surface area is 202 Å². The number of alkyl halides is 3. The average molecular weight is 497 g/mol. The minimum Gasteiger partial charge on any atom is -0.421 e. The summed E-state index contributed by atoms with van der Waals surface area (Å²) in [6.07, 6.45) is -1.15. The Balaban J connectivity index is 1.38. The van der Waals surface area contributed by atoms with Crippen molar-refractivity contribution in [2.75, 3.05) is 4.90 Å². The molecule has 1 saturated carbocycles. The van der Waals surface area contributed by atoms with Crippen LogP contribution in [0.4, 0.5) is 23.7 Å². The van der Waals surface area contributed by atoms with E-state index >= 15 is 0 Å². The van der Waals surface area contributed by atoms with Crippen molar-refractivity contribution >= 4 is 23.6 Å². The summed E-state index contributed by atoms with van der Waals surface area (Å²) in [6, 6.07) is 13.8. The molecule has 1 saturated heterocycles. The summed E-state index contributed by atoms with van der Waals surface area (Å²) in [7, 11) is 0. The van der Waals surface area contributed by atoms with Crippen molar-refractivity contribution in [2.45, 2.75) is 31.3 Å². The number of aromatic nitrogens is 1. The number of esters is 1. The van der Waals surface area contributed by atoms with Gasteiger partial charge in [-0.1, -0.05) is 18.2 Å². The van der Waals surface area contributed by atoms with Crippen LogP contribution in [0.2, 0.25) is 0 Å². The first-order valence-corrected chi connectivity index (χ1v) is 10.9. The van der Waals surface area contributed by atoms with E-state index in [-0.39, 0.29) is 18.0 Å². The second-order valence-corrected chi connectivity index (χ2v) is 8.32. The molecule has 36 heavy (non-hydrogen) atoms. The Hall–Kier alpha value is -4.41. The number of urea groups is 1. The molecule has 0 radical (unpaired) electrons. The molecule has 0 atom stereocenters. The second-order valence-electron chi connectivity index (χ2n) is 8.32. The monoisotopic (exact) mass is 497 g/mol. The Morgan fingerprint density at radius 3 is 2.33 bits per heavy atom. The van der Waals surface area contributed by atoms with Crippen LogP contribution in [0.3, 0.4) is 0 Å². The van der Waals surface area contributed by atoms with Gasteiger partial charge in [-0.3, -0.25) is 9.78 Å². The summed E-state index contributed by atoms with van der Waals surface area (Å²) in [4.78, 5) is 45.4. The van der Waals surface area contributed by atoms with Crippen LogP contribution in [-0.2, 0) is 11.3 Å². The summed E-state index contributed by atoms with van der Waals surface area (Å²) in [5.41, 5.74) is -0.124. The van der Waals surface area contributed by atoms with Crippen molar-refractivity contribution in [3.05, 3.63) is 84.2 Å². The predicted molar refractivity (Wildman–Crippen MR) is 119 cm³/mol. The van der Waals surface area contributed by atoms with Gasteiger partial charge in [0, 0.05) is 11.8 Å². The number of nitrogens with zero attached hydrogens (tertiary/aromatic N) is 3. The van der Waals surface area contributed by atoms with E-state index in [4.69, 9.17) is 4.74 Å². The Bertz CT molecular complexity index is 1320. The zero-order chi connectivity index (χ0) is 25.5. The van der Waals surface area contributed by atoms with Crippen molar-refractivity contribution in [1.29, 1.82) is 0 Å². The van der Waals surface area contributed by atoms with Gasteiger partial charge in [0.1, 0.15) is 11.3 Å². The molecule has 0 N–H and O–H groups in total. The van der Waals surface area contributed by atoms with Crippen LogP contribution in [0.1, 0.15) is 28.8 Å². The predicted octanol–water partition coefficient (Wildman–Crippen LogP) is 4.70. The van der Waals surface area contributed by atoms with E-state index in [0.29, 0.717) is 24.0 Å². The normalized spacial score (nSPS) is 16.4. The fourth-order valence-corrected chi connectivity index (χ4v) is 4.09. The van der Waals surface area contributed by atoms with E-state index in [1.165, 1.54) is 29.4 Å². The number of anilines is 1. The van der Waals surface area contributed by atoms with E-state index in [1.807, 2.05) is 0 Å². The molecule has 11 heteroatoms. The van der Waals surface area contributed by atoms with Crippen molar-refractivity contribution in [3.63, 3.8) is 0 Å². The molecule has 0 bridgehead atoms. The first-order chi connectivity index (χ1) is 17.2. The third kappa shape index (κ3) is 4.35. The highest BCUT2D eigenvalue weighted by molar-refractivity contribution is 6.24. The van der Waals surface area contributed by atoms with E-state index in [1.54, 1.807) is 36.4 Å². The Kier molecular flexibility index (Phi) is 5.62. The molecule has 1 aliphatic carbocycles. The molecule has 8 nitrogen and oxygen atoms in total. The highest BCUT2D eigenvalue weighted by Crippen LogP contribution is 2.50. The van der Waals surface area contributed by atoms with E-state index in [9.17, 15) is 27.6 Å². The van der Waals surface area contributed by atoms with Crippen LogP contribution in [0.15, 0.2) is 73.1 Å². The van der Waals surface area contributed by atoms with Crippen LogP contribution in [0.25, 0.3) is 0 Å². The molecule has 1 aliphatic heterocycles. The first-order valence-electron chi connectivity index (χ1n) is 10.9.